The smallest absolute Gasteiger partial charge is 0.0589 e. The largest absolute Gasteiger partial charge is 0.383 e. The van der Waals surface area contributed by atoms with E-state index >= 15 is 0 Å². The van der Waals surface area contributed by atoms with E-state index in [1.807, 2.05) is 0 Å². The molecule has 0 aliphatic carbocycles. The van der Waals surface area contributed by atoms with Crippen LogP contribution in [0.15, 0.2) is 0 Å². The van der Waals surface area contributed by atoms with E-state index < -0.39 is 0 Å². The first-order valence-electron chi connectivity index (χ1n) is 5.55. The zero-order chi connectivity index (χ0) is 10.8. The summed E-state index contributed by atoms with van der Waals surface area (Å²) in [5, 5.41) is 1.05. The molecule has 0 bridgehead atoms. The van der Waals surface area contributed by atoms with Gasteiger partial charge in [0.2, 0.25) is 0 Å². The minimum atomic E-state index is 0.839. The molecule has 0 aromatic rings. The van der Waals surface area contributed by atoms with Crippen LogP contribution in [0.4, 0.5) is 0 Å². The van der Waals surface area contributed by atoms with E-state index in [0.29, 0.717) is 0 Å². The highest BCUT2D eigenvalue weighted by molar-refractivity contribution is 9.09. The Morgan fingerprint density at radius 1 is 1.21 bits per heavy atom. The zero-order valence-electron chi connectivity index (χ0n) is 9.76. The molecule has 14 heavy (non-hydrogen) atoms. The van der Waals surface area contributed by atoms with Gasteiger partial charge in [0.15, 0.2) is 0 Å². The zero-order valence-corrected chi connectivity index (χ0v) is 11.3. The van der Waals surface area contributed by atoms with Crippen molar-refractivity contribution in [1.82, 2.24) is 4.90 Å². The molecule has 0 atom stereocenters. The summed E-state index contributed by atoms with van der Waals surface area (Å²) in [5.41, 5.74) is 0. The number of ether oxygens (including phenoxy) is 1. The van der Waals surface area contributed by atoms with Crippen LogP contribution in [0.2, 0.25) is 0 Å². The fraction of sp³-hybridized carbons (Fsp3) is 1.00. The average Bonchev–Trinajstić information content (AvgIpc) is 2.22. The van der Waals surface area contributed by atoms with E-state index in [1.54, 1.807) is 7.11 Å². The Morgan fingerprint density at radius 3 is 2.29 bits per heavy atom. The van der Waals surface area contributed by atoms with E-state index in [4.69, 9.17) is 4.74 Å². The van der Waals surface area contributed by atoms with Crippen LogP contribution in [0.1, 0.15) is 26.7 Å². The molecule has 0 aromatic carbocycles. The van der Waals surface area contributed by atoms with Gasteiger partial charge in [-0.1, -0.05) is 42.6 Å². The van der Waals surface area contributed by atoms with Crippen LogP contribution in [0.25, 0.3) is 0 Å². The molecule has 0 radical (unpaired) electrons. The van der Waals surface area contributed by atoms with Crippen molar-refractivity contribution in [1.29, 1.82) is 0 Å². The van der Waals surface area contributed by atoms with Crippen molar-refractivity contribution < 1.29 is 4.74 Å². The van der Waals surface area contributed by atoms with Crippen molar-refractivity contribution in [3.63, 3.8) is 0 Å². The number of hydrogen-bond acceptors (Lipinski definition) is 2. The van der Waals surface area contributed by atoms with Crippen LogP contribution in [-0.2, 0) is 4.74 Å². The molecule has 0 saturated heterocycles. The van der Waals surface area contributed by atoms with Crippen LogP contribution in [0.5, 0.6) is 0 Å². The summed E-state index contributed by atoms with van der Waals surface area (Å²) in [6.45, 7) is 8.78. The van der Waals surface area contributed by atoms with E-state index in [-0.39, 0.29) is 0 Å². The summed E-state index contributed by atoms with van der Waals surface area (Å²) >= 11 is 3.49. The standard InChI is InChI=1S/C11H24BrNO/c1-4-11(5-2)10-13(7-6-12)8-9-14-3/h11H,4-10H2,1-3H3. The molecule has 0 saturated carbocycles. The van der Waals surface area contributed by atoms with Gasteiger partial charge in [-0.05, 0) is 5.92 Å². The molecule has 2 nitrogen and oxygen atoms in total. The lowest BCUT2D eigenvalue weighted by molar-refractivity contribution is 0.139. The third kappa shape index (κ3) is 6.80. The van der Waals surface area contributed by atoms with Crippen molar-refractivity contribution in [2.45, 2.75) is 26.7 Å². The second-order valence-corrected chi connectivity index (χ2v) is 4.46. The fourth-order valence-electron chi connectivity index (χ4n) is 1.55. The first kappa shape index (κ1) is 14.4. The van der Waals surface area contributed by atoms with Crippen LogP contribution >= 0.6 is 15.9 Å². The molecular weight excluding hydrogens is 242 g/mol. The molecule has 0 heterocycles. The Hall–Kier alpha value is 0.400. The average molecular weight is 266 g/mol. The highest BCUT2D eigenvalue weighted by Gasteiger charge is 2.10. The maximum Gasteiger partial charge on any atom is 0.0589 e. The lowest BCUT2D eigenvalue weighted by Crippen LogP contribution is -2.33. The van der Waals surface area contributed by atoms with Gasteiger partial charge in [0.1, 0.15) is 0 Å². The summed E-state index contributed by atoms with van der Waals surface area (Å²) in [6, 6.07) is 0. The Kier molecular flexibility index (Phi) is 10.2. The Balaban J connectivity index is 3.80. The second kappa shape index (κ2) is 9.94. The van der Waals surface area contributed by atoms with Gasteiger partial charge in [0, 0.05) is 32.1 Å². The molecule has 0 aromatic heterocycles. The first-order valence-corrected chi connectivity index (χ1v) is 6.67. The van der Waals surface area contributed by atoms with Crippen LogP contribution in [-0.4, -0.2) is 43.6 Å². The highest BCUT2D eigenvalue weighted by atomic mass is 79.9. The Labute approximate surface area is 97.1 Å². The number of methoxy groups -OCH3 is 1. The van der Waals surface area contributed by atoms with Crippen molar-refractivity contribution in [3.05, 3.63) is 0 Å². The van der Waals surface area contributed by atoms with Crippen LogP contribution in [0.3, 0.4) is 0 Å². The summed E-state index contributed by atoms with van der Waals surface area (Å²) in [6.07, 6.45) is 2.56. The lowest BCUT2D eigenvalue weighted by Gasteiger charge is -2.25. The molecule has 0 aliphatic rings. The maximum absolute atomic E-state index is 5.11. The van der Waals surface area contributed by atoms with Gasteiger partial charge in [-0.15, -0.1) is 0 Å². The van der Waals surface area contributed by atoms with E-state index in [1.165, 1.54) is 19.4 Å². The molecule has 0 fully saturated rings. The van der Waals surface area contributed by atoms with Crippen molar-refractivity contribution in [3.8, 4) is 0 Å². The highest BCUT2D eigenvalue weighted by Crippen LogP contribution is 2.09. The topological polar surface area (TPSA) is 12.5 Å². The van der Waals surface area contributed by atoms with E-state index in [2.05, 4.69) is 34.7 Å². The number of halogens is 1. The lowest BCUT2D eigenvalue weighted by atomic mass is 10.0. The van der Waals surface area contributed by atoms with Crippen LogP contribution < -0.4 is 0 Å². The van der Waals surface area contributed by atoms with Gasteiger partial charge in [-0.2, -0.15) is 0 Å². The molecular formula is C11H24BrNO. The first-order chi connectivity index (χ1) is 6.78. The number of nitrogens with zero attached hydrogens (tertiary/aromatic N) is 1. The van der Waals surface area contributed by atoms with Crippen molar-refractivity contribution >= 4 is 15.9 Å². The van der Waals surface area contributed by atoms with Gasteiger partial charge in [-0.25, -0.2) is 0 Å². The predicted octanol–water partition coefficient (Wildman–Crippen LogP) is 2.77. The van der Waals surface area contributed by atoms with Crippen LogP contribution in [0, 0.1) is 5.92 Å². The Bertz CT molecular complexity index is 118. The molecule has 0 aliphatic heterocycles. The third-order valence-electron chi connectivity index (χ3n) is 2.68. The Morgan fingerprint density at radius 2 is 1.86 bits per heavy atom. The summed E-state index contributed by atoms with van der Waals surface area (Å²) in [4.78, 5) is 2.48. The second-order valence-electron chi connectivity index (χ2n) is 3.66. The normalized spacial score (nSPS) is 11.6. The van der Waals surface area contributed by atoms with Gasteiger partial charge in [0.25, 0.3) is 0 Å². The molecule has 0 spiro atoms. The molecule has 0 rings (SSSR count). The molecule has 0 unspecified atom stereocenters. The number of alkyl halides is 1. The number of rotatable bonds is 9. The van der Waals surface area contributed by atoms with Crippen molar-refractivity contribution in [2.75, 3.05) is 38.7 Å². The monoisotopic (exact) mass is 265 g/mol. The molecule has 3 heteroatoms. The minimum Gasteiger partial charge on any atom is -0.383 e. The van der Waals surface area contributed by atoms with Gasteiger partial charge >= 0.3 is 0 Å². The summed E-state index contributed by atoms with van der Waals surface area (Å²) in [5.74, 6) is 0.839. The van der Waals surface area contributed by atoms with E-state index in [0.717, 1.165) is 30.9 Å². The molecule has 0 amide bonds. The fourth-order valence-corrected chi connectivity index (χ4v) is 2.05. The summed E-state index contributed by atoms with van der Waals surface area (Å²) < 4.78 is 5.11. The number of hydrogen-bond donors (Lipinski definition) is 0. The predicted molar refractivity (Wildman–Crippen MR) is 66.2 cm³/mol. The third-order valence-corrected chi connectivity index (χ3v) is 3.04. The van der Waals surface area contributed by atoms with Gasteiger partial charge in [-0.3, -0.25) is 4.90 Å². The maximum atomic E-state index is 5.11. The van der Waals surface area contributed by atoms with Gasteiger partial charge < -0.3 is 4.74 Å². The molecule has 86 valence electrons. The molecule has 0 N–H and O–H groups in total. The quantitative estimate of drug-likeness (QED) is 0.595. The minimum absolute atomic E-state index is 0.839. The van der Waals surface area contributed by atoms with Crippen molar-refractivity contribution in [2.24, 2.45) is 5.92 Å². The van der Waals surface area contributed by atoms with E-state index in [9.17, 15) is 0 Å². The van der Waals surface area contributed by atoms with Gasteiger partial charge in [0.05, 0.1) is 6.61 Å². The SMILES string of the molecule is CCC(CC)CN(CCBr)CCOC. The summed E-state index contributed by atoms with van der Waals surface area (Å²) in [7, 11) is 1.77.